The van der Waals surface area contributed by atoms with Gasteiger partial charge in [0.05, 0.1) is 6.07 Å². The fraction of sp³-hybridized carbons (Fsp3) is 0.667. The lowest BCUT2D eigenvalue weighted by Crippen LogP contribution is -2.23. The fourth-order valence-corrected chi connectivity index (χ4v) is 3.02. The van der Waals surface area contributed by atoms with Crippen molar-refractivity contribution in [1.29, 1.82) is 5.26 Å². The summed E-state index contributed by atoms with van der Waals surface area (Å²) in [6.45, 7) is 4.23. The van der Waals surface area contributed by atoms with Gasteiger partial charge in [-0.3, -0.25) is 4.79 Å². The molecule has 0 radical (unpaired) electrons. The van der Waals surface area contributed by atoms with E-state index in [9.17, 15) is 4.79 Å². The van der Waals surface area contributed by atoms with Crippen LogP contribution < -0.4 is 0 Å². The van der Waals surface area contributed by atoms with Crippen LogP contribution in [0.15, 0.2) is 11.6 Å². The number of ketones is 1. The maximum atomic E-state index is 11.5. The lowest BCUT2D eigenvalue weighted by molar-refractivity contribution is -0.117. The molecule has 0 aromatic heterocycles. The van der Waals surface area contributed by atoms with Gasteiger partial charge in [0.25, 0.3) is 0 Å². The summed E-state index contributed by atoms with van der Waals surface area (Å²) >= 11 is 3.43. The van der Waals surface area contributed by atoms with Gasteiger partial charge in [-0.1, -0.05) is 35.4 Å². The molecule has 0 bridgehead atoms. The van der Waals surface area contributed by atoms with Crippen LogP contribution in [0.4, 0.5) is 0 Å². The van der Waals surface area contributed by atoms with Crippen LogP contribution in [0.25, 0.3) is 0 Å². The minimum Gasteiger partial charge on any atom is -0.295 e. The van der Waals surface area contributed by atoms with E-state index in [0.29, 0.717) is 6.42 Å². The highest BCUT2D eigenvalue weighted by molar-refractivity contribution is 9.10. The van der Waals surface area contributed by atoms with Crippen LogP contribution in [0.2, 0.25) is 0 Å². The first kappa shape index (κ1) is 10.9. The minimum absolute atomic E-state index is 0.0626. The summed E-state index contributed by atoms with van der Waals surface area (Å²) in [4.78, 5) is 11.5. The molecule has 80 valence electrons. The third-order valence-corrected chi connectivity index (χ3v) is 4.26. The van der Waals surface area contributed by atoms with E-state index in [2.05, 4.69) is 35.8 Å². The first-order valence-corrected chi connectivity index (χ1v) is 5.99. The molecule has 3 heteroatoms. The summed E-state index contributed by atoms with van der Waals surface area (Å²) in [5.74, 6) is 0.465. The third-order valence-electron chi connectivity index (χ3n) is 3.21. The van der Waals surface area contributed by atoms with Gasteiger partial charge in [0.2, 0.25) is 0 Å². The third kappa shape index (κ3) is 2.01. The topological polar surface area (TPSA) is 40.9 Å². The van der Waals surface area contributed by atoms with Crippen LogP contribution >= 0.6 is 15.9 Å². The molecule has 1 saturated carbocycles. The number of allylic oxidation sites excluding steroid dienone is 2. The molecule has 2 rings (SSSR count). The minimum atomic E-state index is -0.382. The quantitative estimate of drug-likeness (QED) is 0.686. The van der Waals surface area contributed by atoms with Crippen molar-refractivity contribution in [3.05, 3.63) is 11.6 Å². The number of nitrogens with zero attached hydrogens (tertiary/aromatic N) is 1. The Balaban J connectivity index is 2.19. The molecule has 15 heavy (non-hydrogen) atoms. The Bertz CT molecular complexity index is 391. The largest absolute Gasteiger partial charge is 0.295 e. The average Bonchev–Trinajstić information content (AvgIpc) is 2.76. The second kappa shape index (κ2) is 3.18. The van der Waals surface area contributed by atoms with Crippen LogP contribution in [0.3, 0.4) is 0 Å². The standard InChI is InChI=1S/C12H14BrNO/c1-11(2)4-8(3-9(15)5-11)10-6-12(10,13)7-14/h3,10H,4-6H2,1-2H3/t10-,12-/m0/s1. The SMILES string of the molecule is CC1(C)CC(=O)C=C([C@@H]2C[C@]2(Br)C#N)C1. The van der Waals surface area contributed by atoms with Gasteiger partial charge in [-0.25, -0.2) is 0 Å². The Morgan fingerprint density at radius 1 is 1.53 bits per heavy atom. The first-order valence-electron chi connectivity index (χ1n) is 5.20. The number of hydrogen-bond donors (Lipinski definition) is 0. The number of halogens is 1. The smallest absolute Gasteiger partial charge is 0.156 e. The van der Waals surface area contributed by atoms with Crippen LogP contribution in [0.1, 0.15) is 33.1 Å². The Morgan fingerprint density at radius 3 is 2.67 bits per heavy atom. The first-order chi connectivity index (χ1) is 6.86. The molecule has 0 N–H and O–H groups in total. The van der Waals surface area contributed by atoms with E-state index in [1.54, 1.807) is 6.08 Å². The molecule has 2 atom stereocenters. The fourth-order valence-electron chi connectivity index (χ4n) is 2.41. The van der Waals surface area contributed by atoms with Gasteiger partial charge in [-0.2, -0.15) is 5.26 Å². The molecular weight excluding hydrogens is 254 g/mol. The van der Waals surface area contributed by atoms with Crippen LogP contribution in [0.5, 0.6) is 0 Å². The van der Waals surface area contributed by atoms with Crippen molar-refractivity contribution in [1.82, 2.24) is 0 Å². The van der Waals surface area contributed by atoms with E-state index in [0.717, 1.165) is 18.4 Å². The molecule has 0 amide bonds. The van der Waals surface area contributed by atoms with Gasteiger partial charge in [0.15, 0.2) is 5.78 Å². The highest BCUT2D eigenvalue weighted by Crippen LogP contribution is 2.57. The maximum absolute atomic E-state index is 11.5. The van der Waals surface area contributed by atoms with Crippen molar-refractivity contribution in [2.45, 2.75) is 37.4 Å². The number of rotatable bonds is 1. The normalized spacial score (nSPS) is 38.1. The van der Waals surface area contributed by atoms with E-state index < -0.39 is 0 Å². The molecule has 2 nitrogen and oxygen atoms in total. The zero-order valence-electron chi connectivity index (χ0n) is 9.01. The predicted octanol–water partition coefficient (Wildman–Crippen LogP) is 2.98. The Kier molecular flexibility index (Phi) is 2.31. The van der Waals surface area contributed by atoms with Gasteiger partial charge in [0, 0.05) is 12.3 Å². The van der Waals surface area contributed by atoms with Crippen molar-refractivity contribution < 1.29 is 4.79 Å². The summed E-state index contributed by atoms with van der Waals surface area (Å²) < 4.78 is -0.382. The van der Waals surface area contributed by atoms with Crippen LogP contribution in [-0.4, -0.2) is 10.1 Å². The number of carbonyl (C=O) groups excluding carboxylic acids is 1. The van der Waals surface area contributed by atoms with E-state index >= 15 is 0 Å². The Labute approximate surface area is 98.5 Å². The number of alkyl halides is 1. The number of nitriles is 1. The van der Waals surface area contributed by atoms with Crippen LogP contribution in [-0.2, 0) is 4.79 Å². The highest BCUT2D eigenvalue weighted by Gasteiger charge is 2.55. The summed E-state index contributed by atoms with van der Waals surface area (Å²) in [5.41, 5.74) is 1.22. The van der Waals surface area contributed by atoms with Gasteiger partial charge in [0.1, 0.15) is 4.32 Å². The van der Waals surface area contributed by atoms with E-state index in [1.165, 1.54) is 0 Å². The number of hydrogen-bond acceptors (Lipinski definition) is 2. The van der Waals surface area contributed by atoms with Crippen molar-refractivity contribution >= 4 is 21.7 Å². The molecule has 0 unspecified atom stereocenters. The molecule has 0 aliphatic heterocycles. The number of carbonyl (C=O) groups is 1. The molecule has 0 heterocycles. The second-order valence-corrected chi connectivity index (χ2v) is 6.85. The molecular formula is C12H14BrNO. The molecule has 1 fully saturated rings. The molecule has 0 aromatic rings. The van der Waals surface area contributed by atoms with Crippen molar-refractivity contribution in [2.75, 3.05) is 0 Å². The van der Waals surface area contributed by atoms with E-state index in [1.807, 2.05) is 0 Å². The van der Waals surface area contributed by atoms with Gasteiger partial charge in [-0.05, 0) is 24.3 Å². The zero-order chi connectivity index (χ0) is 11.3. The monoisotopic (exact) mass is 267 g/mol. The summed E-state index contributed by atoms with van der Waals surface area (Å²) in [6, 6.07) is 2.27. The lowest BCUT2D eigenvalue weighted by atomic mass is 9.75. The van der Waals surface area contributed by atoms with Crippen LogP contribution in [0, 0.1) is 22.7 Å². The van der Waals surface area contributed by atoms with Gasteiger partial charge >= 0.3 is 0 Å². The molecule has 2 aliphatic rings. The Hall–Kier alpha value is -0.620. The second-order valence-electron chi connectivity index (χ2n) is 5.43. The van der Waals surface area contributed by atoms with Crippen molar-refractivity contribution in [3.8, 4) is 6.07 Å². The van der Waals surface area contributed by atoms with Crippen molar-refractivity contribution in [3.63, 3.8) is 0 Å². The van der Waals surface area contributed by atoms with Gasteiger partial charge < -0.3 is 0 Å². The molecule has 2 aliphatic carbocycles. The summed E-state index contributed by atoms with van der Waals surface area (Å²) in [6.07, 6.45) is 4.18. The lowest BCUT2D eigenvalue weighted by Gasteiger charge is -2.29. The van der Waals surface area contributed by atoms with E-state index in [4.69, 9.17) is 5.26 Å². The predicted molar refractivity (Wildman–Crippen MR) is 61.5 cm³/mol. The highest BCUT2D eigenvalue weighted by atomic mass is 79.9. The zero-order valence-corrected chi connectivity index (χ0v) is 10.6. The molecule has 0 aromatic carbocycles. The Morgan fingerprint density at radius 2 is 2.20 bits per heavy atom. The molecule has 0 saturated heterocycles. The average molecular weight is 268 g/mol. The maximum Gasteiger partial charge on any atom is 0.156 e. The van der Waals surface area contributed by atoms with E-state index in [-0.39, 0.29) is 21.4 Å². The molecule has 0 spiro atoms. The summed E-state index contributed by atoms with van der Waals surface area (Å²) in [7, 11) is 0. The van der Waals surface area contributed by atoms with Gasteiger partial charge in [-0.15, -0.1) is 0 Å². The van der Waals surface area contributed by atoms with Crippen molar-refractivity contribution in [2.24, 2.45) is 11.3 Å². The summed E-state index contributed by atoms with van der Waals surface area (Å²) in [5, 5.41) is 8.95.